The van der Waals surface area contributed by atoms with Crippen molar-refractivity contribution < 1.29 is 0 Å². The van der Waals surface area contributed by atoms with Crippen LogP contribution in [0.25, 0.3) is 16.9 Å². The first-order valence-corrected chi connectivity index (χ1v) is 8.13. The first-order chi connectivity index (χ1) is 12.3. The van der Waals surface area contributed by atoms with Crippen molar-refractivity contribution >= 4 is 16.9 Å². The summed E-state index contributed by atoms with van der Waals surface area (Å²) in [4.78, 5) is 13.1. The van der Waals surface area contributed by atoms with Gasteiger partial charge in [0.2, 0.25) is 0 Å². The van der Waals surface area contributed by atoms with Gasteiger partial charge in [0, 0.05) is 31.0 Å². The van der Waals surface area contributed by atoms with Crippen LogP contribution in [0.5, 0.6) is 0 Å². The van der Waals surface area contributed by atoms with Crippen LogP contribution in [-0.4, -0.2) is 34.5 Å². The summed E-state index contributed by atoms with van der Waals surface area (Å²) in [6, 6.07) is 5.68. The predicted molar refractivity (Wildman–Crippen MR) is 94.4 cm³/mol. The minimum atomic E-state index is 0.646. The Morgan fingerprint density at radius 2 is 2.08 bits per heavy atom. The van der Waals surface area contributed by atoms with Crippen molar-refractivity contribution in [3.63, 3.8) is 0 Å². The molecule has 0 aromatic carbocycles. The van der Waals surface area contributed by atoms with Crippen molar-refractivity contribution in [1.82, 2.24) is 34.5 Å². The van der Waals surface area contributed by atoms with E-state index in [0.717, 1.165) is 40.5 Å². The Bertz CT molecular complexity index is 1000. The normalized spacial score (nSPS) is 11.1. The van der Waals surface area contributed by atoms with Crippen LogP contribution in [-0.2, 0) is 13.1 Å². The molecule has 0 radical (unpaired) electrons. The molecule has 8 nitrogen and oxygen atoms in total. The molecule has 0 aliphatic rings. The van der Waals surface area contributed by atoms with Gasteiger partial charge in [-0.1, -0.05) is 6.07 Å². The number of aromatic nitrogens is 7. The summed E-state index contributed by atoms with van der Waals surface area (Å²) in [6.45, 7) is 5.59. The fourth-order valence-corrected chi connectivity index (χ4v) is 2.71. The average Bonchev–Trinajstić information content (AvgIpc) is 3.24. The third-order valence-electron chi connectivity index (χ3n) is 4.05. The first kappa shape index (κ1) is 15.3. The summed E-state index contributed by atoms with van der Waals surface area (Å²) in [5.41, 5.74) is 2.88. The lowest BCUT2D eigenvalue weighted by atomic mass is 10.2. The van der Waals surface area contributed by atoms with E-state index >= 15 is 0 Å². The number of aryl methyl sites for hydroxylation is 2. The molecule has 0 saturated heterocycles. The topological polar surface area (TPSA) is 86.3 Å². The van der Waals surface area contributed by atoms with Crippen LogP contribution in [0, 0.1) is 6.92 Å². The van der Waals surface area contributed by atoms with Crippen LogP contribution < -0.4 is 5.32 Å². The van der Waals surface area contributed by atoms with E-state index in [0.29, 0.717) is 6.54 Å². The highest BCUT2D eigenvalue weighted by Crippen LogP contribution is 2.21. The van der Waals surface area contributed by atoms with Crippen molar-refractivity contribution in [3.8, 4) is 5.82 Å². The molecule has 4 aromatic rings. The third kappa shape index (κ3) is 2.82. The predicted octanol–water partition coefficient (Wildman–Crippen LogP) is 2.35. The molecule has 0 fully saturated rings. The molecule has 4 aromatic heterocycles. The standard InChI is InChI=1S/C17H18N8/c1-3-24-10-13(12(2)23-24)8-19-16-14-9-22-25(17(14)21-11-20-16)15-6-4-5-7-18-15/h4-7,9-11H,3,8H2,1-2H3,(H,19,20,21). The van der Waals surface area contributed by atoms with Gasteiger partial charge in [0.15, 0.2) is 11.5 Å². The van der Waals surface area contributed by atoms with Crippen molar-refractivity contribution in [2.24, 2.45) is 0 Å². The molecule has 1 N–H and O–H groups in total. The van der Waals surface area contributed by atoms with Gasteiger partial charge in [0.05, 0.1) is 17.3 Å². The summed E-state index contributed by atoms with van der Waals surface area (Å²) >= 11 is 0. The van der Waals surface area contributed by atoms with Crippen LogP contribution in [0.4, 0.5) is 5.82 Å². The average molecular weight is 334 g/mol. The molecule has 0 bridgehead atoms. The Balaban J connectivity index is 1.64. The molecule has 0 aliphatic carbocycles. The number of anilines is 1. The van der Waals surface area contributed by atoms with Crippen LogP contribution in [0.15, 0.2) is 43.1 Å². The fourth-order valence-electron chi connectivity index (χ4n) is 2.71. The second-order valence-electron chi connectivity index (χ2n) is 5.65. The minimum Gasteiger partial charge on any atom is -0.365 e. The molecule has 0 amide bonds. The van der Waals surface area contributed by atoms with Gasteiger partial charge in [-0.3, -0.25) is 4.68 Å². The number of nitrogens with one attached hydrogen (secondary N) is 1. The molecule has 126 valence electrons. The van der Waals surface area contributed by atoms with E-state index in [1.165, 1.54) is 6.33 Å². The second-order valence-corrected chi connectivity index (χ2v) is 5.65. The molecule has 8 heteroatoms. The van der Waals surface area contributed by atoms with Gasteiger partial charge < -0.3 is 5.32 Å². The Morgan fingerprint density at radius 1 is 1.16 bits per heavy atom. The number of rotatable bonds is 5. The molecule has 4 rings (SSSR count). The number of pyridine rings is 1. The van der Waals surface area contributed by atoms with Gasteiger partial charge in [0.1, 0.15) is 12.1 Å². The summed E-state index contributed by atoms with van der Waals surface area (Å²) in [6.07, 6.45) is 7.08. The van der Waals surface area contributed by atoms with Crippen LogP contribution in [0.2, 0.25) is 0 Å². The molecule has 0 saturated carbocycles. The molecule has 0 unspecified atom stereocenters. The van der Waals surface area contributed by atoms with E-state index in [2.05, 4.69) is 43.6 Å². The molecular formula is C17H18N8. The Labute approximate surface area is 144 Å². The van der Waals surface area contributed by atoms with Crippen molar-refractivity contribution in [3.05, 3.63) is 54.4 Å². The van der Waals surface area contributed by atoms with E-state index in [9.17, 15) is 0 Å². The van der Waals surface area contributed by atoms with E-state index in [1.54, 1.807) is 17.1 Å². The lowest BCUT2D eigenvalue weighted by Crippen LogP contribution is -2.04. The Kier molecular flexibility index (Phi) is 3.85. The van der Waals surface area contributed by atoms with Gasteiger partial charge in [-0.05, 0) is 26.0 Å². The molecule has 0 atom stereocenters. The van der Waals surface area contributed by atoms with E-state index in [1.807, 2.05) is 29.8 Å². The molecule has 0 spiro atoms. The maximum absolute atomic E-state index is 4.47. The SMILES string of the molecule is CCn1cc(CNc2ncnc3c2cnn3-c2ccccn2)c(C)n1. The smallest absolute Gasteiger partial charge is 0.170 e. The molecule has 25 heavy (non-hydrogen) atoms. The monoisotopic (exact) mass is 334 g/mol. The molecule has 0 aliphatic heterocycles. The highest BCUT2D eigenvalue weighted by atomic mass is 15.3. The Hall–Kier alpha value is -3.29. The summed E-state index contributed by atoms with van der Waals surface area (Å²) in [5, 5.41) is 13.1. The minimum absolute atomic E-state index is 0.646. The van der Waals surface area contributed by atoms with E-state index in [-0.39, 0.29) is 0 Å². The largest absolute Gasteiger partial charge is 0.365 e. The van der Waals surface area contributed by atoms with Crippen LogP contribution in [0.3, 0.4) is 0 Å². The first-order valence-electron chi connectivity index (χ1n) is 8.13. The zero-order valence-electron chi connectivity index (χ0n) is 14.1. The van der Waals surface area contributed by atoms with Gasteiger partial charge in [-0.25, -0.2) is 15.0 Å². The van der Waals surface area contributed by atoms with Gasteiger partial charge in [-0.15, -0.1) is 0 Å². The summed E-state index contributed by atoms with van der Waals surface area (Å²) in [5.74, 6) is 1.47. The Morgan fingerprint density at radius 3 is 2.84 bits per heavy atom. The quantitative estimate of drug-likeness (QED) is 0.603. The number of nitrogens with zero attached hydrogens (tertiary/aromatic N) is 7. The van der Waals surface area contributed by atoms with Gasteiger partial charge in [0.25, 0.3) is 0 Å². The highest BCUT2D eigenvalue weighted by molar-refractivity contribution is 5.86. The fraction of sp³-hybridized carbons (Fsp3) is 0.235. The summed E-state index contributed by atoms with van der Waals surface area (Å²) in [7, 11) is 0. The van der Waals surface area contributed by atoms with Crippen molar-refractivity contribution in [2.75, 3.05) is 5.32 Å². The maximum Gasteiger partial charge on any atom is 0.170 e. The lowest BCUT2D eigenvalue weighted by Gasteiger charge is -2.06. The van der Waals surface area contributed by atoms with E-state index < -0.39 is 0 Å². The number of hydrogen-bond acceptors (Lipinski definition) is 6. The summed E-state index contributed by atoms with van der Waals surface area (Å²) < 4.78 is 3.64. The van der Waals surface area contributed by atoms with Crippen LogP contribution >= 0.6 is 0 Å². The maximum atomic E-state index is 4.47. The van der Waals surface area contributed by atoms with Gasteiger partial charge in [-0.2, -0.15) is 14.9 Å². The third-order valence-corrected chi connectivity index (χ3v) is 4.05. The molecular weight excluding hydrogens is 316 g/mol. The highest BCUT2D eigenvalue weighted by Gasteiger charge is 2.12. The van der Waals surface area contributed by atoms with E-state index in [4.69, 9.17) is 0 Å². The van der Waals surface area contributed by atoms with Crippen LogP contribution in [0.1, 0.15) is 18.2 Å². The molecule has 4 heterocycles. The van der Waals surface area contributed by atoms with Crippen molar-refractivity contribution in [1.29, 1.82) is 0 Å². The zero-order valence-corrected chi connectivity index (χ0v) is 14.1. The second kappa shape index (κ2) is 6.31. The number of fused-ring (bicyclic) bond motifs is 1. The zero-order chi connectivity index (χ0) is 17.2. The number of hydrogen-bond donors (Lipinski definition) is 1. The lowest BCUT2D eigenvalue weighted by molar-refractivity contribution is 0.653. The van der Waals surface area contributed by atoms with Gasteiger partial charge >= 0.3 is 0 Å². The van der Waals surface area contributed by atoms with Crippen molar-refractivity contribution in [2.45, 2.75) is 26.9 Å².